The number of aliphatic hydroxyl groups excluding tert-OH is 2. The summed E-state index contributed by atoms with van der Waals surface area (Å²) in [4.78, 5) is 47.7. The zero-order valence-corrected chi connectivity index (χ0v) is 41.3. The molecule has 2 aliphatic heterocycles. The zero-order valence-electron chi connectivity index (χ0n) is 38.0. The molecule has 0 spiro atoms. The number of hydrogen-bond donors (Lipinski definition) is 7. The van der Waals surface area contributed by atoms with Gasteiger partial charge in [-0.2, -0.15) is 0 Å². The Hall–Kier alpha value is -5.77. The van der Waals surface area contributed by atoms with Gasteiger partial charge in [-0.1, -0.05) is 47.0 Å². The smallest absolute Gasteiger partial charge is 0.469 e. The van der Waals surface area contributed by atoms with E-state index in [1.807, 2.05) is 0 Å². The van der Waals surface area contributed by atoms with E-state index in [2.05, 4.69) is 29.4 Å². The molecule has 0 radical (unpaired) electrons. The van der Waals surface area contributed by atoms with Crippen molar-refractivity contribution in [3.05, 3.63) is 90.0 Å². The largest absolute Gasteiger partial charge is 0.856 e. The van der Waals surface area contributed by atoms with E-state index in [9.17, 15) is 34.4 Å². The molecule has 31 heteroatoms. The Morgan fingerprint density at radius 1 is 0.708 bits per heavy atom. The minimum atomic E-state index is -4.75. The first-order chi connectivity index (χ1) is 34.2. The highest BCUT2D eigenvalue weighted by molar-refractivity contribution is 7.51. The number of ether oxygens (including phenoxy) is 4. The highest BCUT2D eigenvalue weighted by atomic mass is 35.5. The number of benzene rings is 2. The van der Waals surface area contributed by atoms with Gasteiger partial charge in [-0.15, -0.1) is 0 Å². The number of anilines is 2. The van der Waals surface area contributed by atoms with Crippen molar-refractivity contribution in [2.24, 2.45) is 11.8 Å². The van der Waals surface area contributed by atoms with Gasteiger partial charge in [0, 0.05) is 46.0 Å². The van der Waals surface area contributed by atoms with Crippen LogP contribution in [-0.4, -0.2) is 114 Å². The van der Waals surface area contributed by atoms with Gasteiger partial charge in [0.1, 0.15) is 56.3 Å². The number of nitrogen functional groups attached to an aromatic ring is 2. The lowest BCUT2D eigenvalue weighted by molar-refractivity contribution is -0.745. The van der Waals surface area contributed by atoms with E-state index in [1.165, 1.54) is 17.0 Å². The van der Waals surface area contributed by atoms with E-state index in [4.69, 9.17) is 67.9 Å². The Morgan fingerprint density at radius 2 is 1.14 bits per heavy atom. The molecule has 72 heavy (non-hydrogen) atoms. The van der Waals surface area contributed by atoms with E-state index >= 15 is 0 Å². The highest BCUT2D eigenvalue weighted by Crippen LogP contribution is 2.45. The molecule has 9 atom stereocenters. The Labute approximate surface area is 418 Å². The van der Waals surface area contributed by atoms with E-state index in [0.29, 0.717) is 21.5 Å². The molecule has 2 saturated heterocycles. The molecule has 2 aliphatic rings. The van der Waals surface area contributed by atoms with Crippen LogP contribution in [-0.2, 0) is 40.7 Å². The van der Waals surface area contributed by atoms with Crippen molar-refractivity contribution in [3.8, 4) is 23.3 Å². The number of halogens is 2. The molecule has 9 rings (SSSR count). The quantitative estimate of drug-likeness (QED) is 0.0493. The molecule has 386 valence electrons. The Balaban J connectivity index is 0.000000194. The van der Waals surface area contributed by atoms with E-state index < -0.39 is 82.6 Å². The molecule has 1 unspecified atom stereocenters. The third-order valence-corrected chi connectivity index (χ3v) is 13.9. The SMILES string of the molecule is C[C@@H]1[C@H](O)[C@@H](COP(=O)(O)O)O[C@H]1[n+]1cn(CCOc2ccc(Cl)cc2)c2c([O-])nc(N)nc21.C[C@@H]1[C@H](O)[C@@H](COP(=O)(O)n2ccnc2)O[C@H]1[n+]1cn(CCOc2ccc(Cl)cc2)c2c([O-])nc(N)nc21. The van der Waals surface area contributed by atoms with Crippen LogP contribution < -0.4 is 40.3 Å². The lowest BCUT2D eigenvalue weighted by atomic mass is 10.0. The summed E-state index contributed by atoms with van der Waals surface area (Å²) < 4.78 is 63.8. The maximum absolute atomic E-state index is 12.8. The van der Waals surface area contributed by atoms with Crippen LogP contribution in [0.15, 0.2) is 79.9 Å². The normalized spacial score (nSPS) is 23.0. The predicted molar refractivity (Wildman–Crippen MR) is 247 cm³/mol. The molecule has 7 heterocycles. The van der Waals surface area contributed by atoms with Gasteiger partial charge in [0.2, 0.25) is 0 Å². The lowest BCUT2D eigenvalue weighted by Gasteiger charge is -2.17. The number of phosphoric ester groups is 1. The van der Waals surface area contributed by atoms with Gasteiger partial charge < -0.3 is 65.5 Å². The van der Waals surface area contributed by atoms with Crippen LogP contribution in [0.1, 0.15) is 26.3 Å². The van der Waals surface area contributed by atoms with Crippen molar-refractivity contribution >= 4 is 73.0 Å². The summed E-state index contributed by atoms with van der Waals surface area (Å²) in [7, 11) is -8.97. The molecule has 2 aromatic carbocycles. The molecule has 5 aromatic heterocycles. The standard InChI is InChI=1S/C22H25ClN7O7P.C19H23ClN5O8P/c1-13-18(31)16(10-36-38(33,34)29-7-6-25-11-29)37-21(13)30-12-28(17-19(30)26-22(24)27-20(17)32)8-9-35-15-4-2-14(23)3-5-15;1-10-15(26)13(8-32-34(28,29)30)33-18(10)25-9-24(14-16(25)22-19(21)23-17(14)27)6-7-31-12-4-2-11(20)3-5-12/h2-7,11-13,16,18,21,31H,8-10H2,1H3,(H3-,24,26,27,32,33,34);2-5,9-10,13,15,18,26H,6-8H2,1H3,(H4-,21,22,23,27,28,29,30)/t13-,16-,18+,21-;10-,13-,15+,18-/m11/s1. The number of rotatable bonds is 17. The summed E-state index contributed by atoms with van der Waals surface area (Å²) in [6, 6.07) is 13.7. The fraction of sp³-hybridized carbons (Fsp3) is 0.390. The minimum Gasteiger partial charge on any atom is -0.856 e. The third-order valence-electron chi connectivity index (χ3n) is 11.6. The Morgan fingerprint density at radius 3 is 1.54 bits per heavy atom. The number of aromatic nitrogens is 10. The summed E-state index contributed by atoms with van der Waals surface area (Å²) in [6.07, 6.45) is 1.27. The average molecular weight is 1080 g/mol. The molecule has 27 nitrogen and oxygen atoms in total. The monoisotopic (exact) mass is 1080 g/mol. The van der Waals surface area contributed by atoms with Gasteiger partial charge in [0.05, 0.1) is 25.4 Å². The van der Waals surface area contributed by atoms with Crippen LogP contribution >= 0.6 is 38.8 Å². The van der Waals surface area contributed by atoms with Crippen molar-refractivity contribution in [2.75, 3.05) is 37.9 Å². The van der Waals surface area contributed by atoms with Crippen LogP contribution in [0.5, 0.6) is 23.3 Å². The van der Waals surface area contributed by atoms with Crippen molar-refractivity contribution < 1.29 is 81.4 Å². The number of aliphatic hydroxyl groups is 2. The van der Waals surface area contributed by atoms with Gasteiger partial charge in [-0.3, -0.25) is 18.2 Å². The fourth-order valence-corrected chi connectivity index (χ4v) is 9.55. The first-order valence-corrected chi connectivity index (χ1v) is 25.6. The summed E-state index contributed by atoms with van der Waals surface area (Å²) in [5.74, 6) is -1.45. The second-order valence-electron chi connectivity index (χ2n) is 16.5. The second-order valence-corrected chi connectivity index (χ2v) is 20.3. The van der Waals surface area contributed by atoms with Crippen molar-refractivity contribution in [1.82, 2.24) is 38.4 Å². The molecular formula is C41H48Cl2N12O15P2. The number of imidazole rings is 3. The highest BCUT2D eigenvalue weighted by Gasteiger charge is 2.47. The summed E-state index contributed by atoms with van der Waals surface area (Å²) in [6.45, 7) is 3.48. The molecule has 0 aliphatic carbocycles. The third kappa shape index (κ3) is 11.8. The first-order valence-electron chi connectivity index (χ1n) is 21.8. The molecule has 0 saturated carbocycles. The van der Waals surface area contributed by atoms with Gasteiger partial charge in [-0.25, -0.2) is 37.6 Å². The fourth-order valence-electron chi connectivity index (χ4n) is 8.07. The molecule has 0 bridgehead atoms. The number of phosphoric acid groups is 1. The van der Waals surface area contributed by atoms with E-state index in [-0.39, 0.29) is 67.1 Å². The second kappa shape index (κ2) is 21.8. The number of nitrogens with zero attached hydrogens (tertiary/aromatic N) is 10. The summed E-state index contributed by atoms with van der Waals surface area (Å²) in [5.41, 5.74) is 12.2. The van der Waals surface area contributed by atoms with Crippen molar-refractivity contribution in [3.63, 3.8) is 0 Å². The number of fused-ring (bicyclic) bond motifs is 2. The average Bonchev–Trinajstić information content (AvgIpc) is 4.16. The van der Waals surface area contributed by atoms with Gasteiger partial charge in [0.25, 0.3) is 11.9 Å². The molecule has 7 aromatic rings. The van der Waals surface area contributed by atoms with Crippen LogP contribution in [0.3, 0.4) is 0 Å². The van der Waals surface area contributed by atoms with Crippen molar-refractivity contribution in [1.29, 1.82) is 0 Å². The Kier molecular flexibility index (Phi) is 15.9. The van der Waals surface area contributed by atoms with Crippen LogP contribution in [0, 0.1) is 11.8 Å². The van der Waals surface area contributed by atoms with Gasteiger partial charge in [0.15, 0.2) is 36.1 Å². The molecular weight excluding hydrogens is 1030 g/mol. The maximum Gasteiger partial charge on any atom is 0.469 e. The molecule has 0 amide bonds. The van der Waals surface area contributed by atoms with Gasteiger partial charge >= 0.3 is 26.9 Å². The van der Waals surface area contributed by atoms with Crippen LogP contribution in [0.2, 0.25) is 10.0 Å². The van der Waals surface area contributed by atoms with Gasteiger partial charge in [-0.05, 0) is 48.5 Å². The predicted octanol–water partition coefficient (Wildman–Crippen LogP) is 0.974. The number of hydrogen-bond acceptors (Lipinski definition) is 19. The lowest BCUT2D eigenvalue weighted by Crippen LogP contribution is -2.42. The first kappa shape index (κ1) is 52.5. The maximum atomic E-state index is 12.8. The van der Waals surface area contributed by atoms with Crippen LogP contribution in [0.25, 0.3) is 22.3 Å². The zero-order chi connectivity index (χ0) is 51.6. The summed E-state index contributed by atoms with van der Waals surface area (Å²) in [5, 5.41) is 47.9. The molecule has 2 fully saturated rings. The Bertz CT molecular complexity index is 3100. The van der Waals surface area contributed by atoms with Crippen LogP contribution in [0.4, 0.5) is 11.9 Å². The van der Waals surface area contributed by atoms with Crippen molar-refractivity contribution in [2.45, 2.75) is 63.8 Å². The minimum absolute atomic E-state index is 0.161. The number of nitrogens with two attached hydrogens (primary N) is 2. The topological polar surface area (TPSA) is 376 Å². The summed E-state index contributed by atoms with van der Waals surface area (Å²) >= 11 is 11.8. The van der Waals surface area contributed by atoms with E-state index in [1.54, 1.807) is 88.7 Å². The van der Waals surface area contributed by atoms with E-state index in [0.717, 1.165) is 10.7 Å². The molecule has 9 N–H and O–H groups in total.